The number of carbonyl (C=O) groups is 1. The smallest absolute Gasteiger partial charge is 0.263 e. The third-order valence-corrected chi connectivity index (χ3v) is 6.58. The topological polar surface area (TPSA) is 45.2 Å². The van der Waals surface area contributed by atoms with Crippen LogP contribution in [0, 0.1) is 6.92 Å². The maximum Gasteiger partial charge on any atom is 0.263 e. The summed E-state index contributed by atoms with van der Waals surface area (Å²) in [6, 6.07) is 7.57. The number of amides is 1. The van der Waals surface area contributed by atoms with E-state index in [4.69, 9.17) is 11.6 Å². The number of aryl methyl sites for hydroxylation is 1. The molecule has 1 saturated carbocycles. The van der Waals surface area contributed by atoms with Crippen LogP contribution in [0.15, 0.2) is 24.3 Å². The minimum absolute atomic E-state index is 0.0311. The van der Waals surface area contributed by atoms with Gasteiger partial charge in [0.05, 0.1) is 5.69 Å². The average Bonchev–Trinajstić information content (AvgIpc) is 3.20. The lowest BCUT2D eigenvalue weighted by molar-refractivity contribution is 0.0903. The van der Waals surface area contributed by atoms with Gasteiger partial charge in [0.1, 0.15) is 9.88 Å². The lowest BCUT2D eigenvalue weighted by Crippen LogP contribution is -2.50. The highest BCUT2D eigenvalue weighted by Crippen LogP contribution is 2.34. The lowest BCUT2D eigenvalue weighted by Gasteiger charge is -2.36. The summed E-state index contributed by atoms with van der Waals surface area (Å²) in [5.41, 5.74) is 1.80. The number of carbonyl (C=O) groups excluding carboxylic acids is 1. The van der Waals surface area contributed by atoms with E-state index in [0.717, 1.165) is 29.1 Å². The second-order valence-corrected chi connectivity index (χ2v) is 8.39. The largest absolute Gasteiger partial charge is 0.349 e. The summed E-state index contributed by atoms with van der Waals surface area (Å²) < 4.78 is 0. The molecule has 0 unspecified atom stereocenters. The molecule has 3 rings (SSSR count). The SMILES string of the molecule is Cc1nc(-c2cccc(Cl)c2)sc1C(=O)NCC1(N(C)C)CCCC1. The van der Waals surface area contributed by atoms with E-state index in [1.165, 1.54) is 24.2 Å². The molecule has 1 aromatic carbocycles. The minimum atomic E-state index is -0.0311. The first-order valence-electron chi connectivity index (χ1n) is 8.60. The summed E-state index contributed by atoms with van der Waals surface area (Å²) in [5, 5.41) is 4.64. The van der Waals surface area contributed by atoms with Gasteiger partial charge in [-0.05, 0) is 46.0 Å². The van der Waals surface area contributed by atoms with E-state index in [0.29, 0.717) is 16.4 Å². The fraction of sp³-hybridized carbons (Fsp3) is 0.474. The number of nitrogens with zero attached hydrogens (tertiary/aromatic N) is 2. The Morgan fingerprint density at radius 2 is 2.08 bits per heavy atom. The quantitative estimate of drug-likeness (QED) is 0.841. The number of nitrogens with one attached hydrogen (secondary N) is 1. The molecule has 6 heteroatoms. The van der Waals surface area contributed by atoms with E-state index in [1.807, 2.05) is 31.2 Å². The fourth-order valence-corrected chi connectivity index (χ4v) is 4.66. The van der Waals surface area contributed by atoms with Crippen molar-refractivity contribution in [2.24, 2.45) is 0 Å². The number of rotatable bonds is 5. The second kappa shape index (κ2) is 7.44. The Morgan fingerprint density at radius 1 is 1.36 bits per heavy atom. The molecule has 25 heavy (non-hydrogen) atoms. The molecule has 4 nitrogen and oxygen atoms in total. The Balaban J connectivity index is 1.74. The minimum Gasteiger partial charge on any atom is -0.349 e. The summed E-state index contributed by atoms with van der Waals surface area (Å²) in [6.07, 6.45) is 4.73. The fourth-order valence-electron chi connectivity index (χ4n) is 3.49. The summed E-state index contributed by atoms with van der Waals surface area (Å²) in [7, 11) is 4.21. The zero-order valence-electron chi connectivity index (χ0n) is 14.9. The standard InChI is InChI=1S/C19H24ClN3OS/c1-13-16(25-18(22-13)14-7-6-8-15(20)11-14)17(24)21-12-19(23(2)3)9-4-5-10-19/h6-8,11H,4-5,9-10,12H2,1-3H3,(H,21,24). The van der Waals surface area contributed by atoms with Gasteiger partial charge in [-0.15, -0.1) is 11.3 Å². The van der Waals surface area contributed by atoms with Gasteiger partial charge in [0.25, 0.3) is 5.91 Å². The van der Waals surface area contributed by atoms with Crippen molar-refractivity contribution in [2.75, 3.05) is 20.6 Å². The molecule has 1 amide bonds. The van der Waals surface area contributed by atoms with Gasteiger partial charge in [0.2, 0.25) is 0 Å². The number of hydrogen-bond acceptors (Lipinski definition) is 4. The van der Waals surface area contributed by atoms with Crippen LogP contribution in [-0.4, -0.2) is 42.0 Å². The van der Waals surface area contributed by atoms with E-state index in [-0.39, 0.29) is 11.4 Å². The molecule has 0 atom stereocenters. The molecule has 1 N–H and O–H groups in total. The molecule has 134 valence electrons. The van der Waals surface area contributed by atoms with Crippen molar-refractivity contribution < 1.29 is 4.79 Å². The van der Waals surface area contributed by atoms with Crippen molar-refractivity contribution in [3.63, 3.8) is 0 Å². The van der Waals surface area contributed by atoms with Gasteiger partial charge < -0.3 is 10.2 Å². The number of thiazole rings is 1. The summed E-state index contributed by atoms with van der Waals surface area (Å²) in [6.45, 7) is 2.57. The Hall–Kier alpha value is -1.43. The molecule has 1 aliphatic rings. The highest BCUT2D eigenvalue weighted by atomic mass is 35.5. The molecule has 1 aromatic heterocycles. The third-order valence-electron chi connectivity index (χ3n) is 5.14. The van der Waals surface area contributed by atoms with Crippen molar-refractivity contribution >= 4 is 28.8 Å². The molecular formula is C19H24ClN3OS. The molecule has 2 aromatic rings. The lowest BCUT2D eigenvalue weighted by atomic mass is 9.96. The third kappa shape index (κ3) is 3.89. The average molecular weight is 378 g/mol. The van der Waals surface area contributed by atoms with Crippen LogP contribution in [0.3, 0.4) is 0 Å². The predicted molar refractivity (Wildman–Crippen MR) is 105 cm³/mol. The van der Waals surface area contributed by atoms with Gasteiger partial charge >= 0.3 is 0 Å². The van der Waals surface area contributed by atoms with E-state index in [2.05, 4.69) is 29.3 Å². The Morgan fingerprint density at radius 3 is 2.72 bits per heavy atom. The van der Waals surface area contributed by atoms with Crippen LogP contribution in [0.2, 0.25) is 5.02 Å². The monoisotopic (exact) mass is 377 g/mol. The molecule has 0 saturated heterocycles. The second-order valence-electron chi connectivity index (χ2n) is 6.95. The van der Waals surface area contributed by atoms with Gasteiger partial charge in [-0.3, -0.25) is 4.79 Å². The molecular weight excluding hydrogens is 354 g/mol. The van der Waals surface area contributed by atoms with E-state index >= 15 is 0 Å². The Bertz CT molecular complexity index is 766. The Kier molecular flexibility index (Phi) is 5.46. The van der Waals surface area contributed by atoms with E-state index in [1.54, 1.807) is 0 Å². The maximum absolute atomic E-state index is 12.7. The van der Waals surface area contributed by atoms with Crippen molar-refractivity contribution in [1.82, 2.24) is 15.2 Å². The van der Waals surface area contributed by atoms with Gasteiger partial charge in [-0.25, -0.2) is 4.98 Å². The van der Waals surface area contributed by atoms with E-state index < -0.39 is 0 Å². The number of hydrogen-bond donors (Lipinski definition) is 1. The van der Waals surface area contributed by atoms with Gasteiger partial charge in [-0.1, -0.05) is 36.6 Å². The van der Waals surface area contributed by atoms with Crippen LogP contribution in [-0.2, 0) is 0 Å². The van der Waals surface area contributed by atoms with Gasteiger partial charge in [-0.2, -0.15) is 0 Å². The first kappa shape index (κ1) is 18.4. The maximum atomic E-state index is 12.7. The Labute approximate surface area is 158 Å². The summed E-state index contributed by atoms with van der Waals surface area (Å²) in [5.74, 6) is -0.0311. The van der Waals surface area contributed by atoms with Crippen LogP contribution in [0.4, 0.5) is 0 Å². The zero-order valence-corrected chi connectivity index (χ0v) is 16.5. The predicted octanol–water partition coefficient (Wildman–Crippen LogP) is 4.38. The van der Waals surface area contributed by atoms with Crippen LogP contribution in [0.5, 0.6) is 0 Å². The van der Waals surface area contributed by atoms with Crippen molar-refractivity contribution in [3.05, 3.63) is 39.9 Å². The molecule has 1 aliphatic carbocycles. The van der Waals surface area contributed by atoms with E-state index in [9.17, 15) is 4.79 Å². The zero-order chi connectivity index (χ0) is 18.0. The van der Waals surface area contributed by atoms with Gasteiger partial charge in [0, 0.05) is 22.7 Å². The normalized spacial score (nSPS) is 16.4. The van der Waals surface area contributed by atoms with Crippen molar-refractivity contribution in [2.45, 2.75) is 38.1 Å². The molecule has 0 bridgehead atoms. The first-order chi connectivity index (χ1) is 11.9. The molecule has 1 heterocycles. The number of halogens is 1. The van der Waals surface area contributed by atoms with Crippen LogP contribution < -0.4 is 5.32 Å². The highest BCUT2D eigenvalue weighted by molar-refractivity contribution is 7.17. The van der Waals surface area contributed by atoms with Crippen molar-refractivity contribution in [1.29, 1.82) is 0 Å². The number of aromatic nitrogens is 1. The molecule has 0 aliphatic heterocycles. The number of benzene rings is 1. The summed E-state index contributed by atoms with van der Waals surface area (Å²) >= 11 is 7.49. The molecule has 0 radical (unpaired) electrons. The number of likely N-dealkylation sites (N-methyl/N-ethyl adjacent to an activating group) is 1. The van der Waals surface area contributed by atoms with Crippen molar-refractivity contribution in [3.8, 4) is 10.6 Å². The molecule has 0 spiro atoms. The first-order valence-corrected chi connectivity index (χ1v) is 9.80. The van der Waals surface area contributed by atoms with Crippen LogP contribution >= 0.6 is 22.9 Å². The molecule has 1 fully saturated rings. The summed E-state index contributed by atoms with van der Waals surface area (Å²) in [4.78, 5) is 20.2. The van der Waals surface area contributed by atoms with Crippen LogP contribution in [0.1, 0.15) is 41.0 Å². The van der Waals surface area contributed by atoms with Gasteiger partial charge in [0.15, 0.2) is 0 Å². The van der Waals surface area contributed by atoms with Crippen LogP contribution in [0.25, 0.3) is 10.6 Å². The highest BCUT2D eigenvalue weighted by Gasteiger charge is 2.36.